The van der Waals surface area contributed by atoms with Crippen molar-refractivity contribution in [2.24, 2.45) is 0 Å². The van der Waals surface area contributed by atoms with Gasteiger partial charge in [-0.1, -0.05) is 25.5 Å². The number of rotatable bonds is 7. The molecule has 0 atom stereocenters. The van der Waals surface area contributed by atoms with E-state index in [1.54, 1.807) is 18.3 Å². The first kappa shape index (κ1) is 18.6. The number of hydrogen-bond donors (Lipinski definition) is 1. The fourth-order valence-electron chi connectivity index (χ4n) is 2.72. The van der Waals surface area contributed by atoms with Crippen LogP contribution in [0.4, 0.5) is 10.1 Å². The van der Waals surface area contributed by atoms with Crippen molar-refractivity contribution in [1.82, 2.24) is 9.78 Å². The SMILES string of the molecule is CCCCc1ccc(NC(=O)c2nn(-c3ccc(F)cc3)cc2OC)cc1. The first-order valence-corrected chi connectivity index (χ1v) is 8.90. The van der Waals surface area contributed by atoms with Crippen molar-refractivity contribution in [3.05, 3.63) is 71.8 Å². The smallest absolute Gasteiger partial charge is 0.280 e. The summed E-state index contributed by atoms with van der Waals surface area (Å²) < 4.78 is 19.9. The Morgan fingerprint density at radius 3 is 2.48 bits per heavy atom. The molecule has 1 aromatic heterocycles. The number of aryl methyl sites for hydroxylation is 1. The van der Waals surface area contributed by atoms with Crippen LogP contribution in [0.15, 0.2) is 54.7 Å². The number of carbonyl (C=O) groups is 1. The van der Waals surface area contributed by atoms with Gasteiger partial charge in [-0.25, -0.2) is 9.07 Å². The van der Waals surface area contributed by atoms with E-state index in [0.717, 1.165) is 19.3 Å². The normalized spacial score (nSPS) is 10.6. The first-order chi connectivity index (χ1) is 13.1. The van der Waals surface area contributed by atoms with Crippen molar-refractivity contribution in [1.29, 1.82) is 0 Å². The molecule has 0 aliphatic heterocycles. The van der Waals surface area contributed by atoms with E-state index in [0.29, 0.717) is 17.1 Å². The van der Waals surface area contributed by atoms with Crippen LogP contribution in [0.3, 0.4) is 0 Å². The second-order valence-corrected chi connectivity index (χ2v) is 6.22. The predicted molar refractivity (Wildman–Crippen MR) is 103 cm³/mol. The molecule has 0 aliphatic rings. The molecule has 1 N–H and O–H groups in total. The lowest BCUT2D eigenvalue weighted by Gasteiger charge is -2.06. The Morgan fingerprint density at radius 1 is 1.15 bits per heavy atom. The number of aromatic nitrogens is 2. The maximum Gasteiger partial charge on any atom is 0.280 e. The number of nitrogens with one attached hydrogen (secondary N) is 1. The maximum atomic E-state index is 13.1. The minimum absolute atomic E-state index is 0.164. The monoisotopic (exact) mass is 367 g/mol. The molecule has 140 valence electrons. The molecule has 1 amide bonds. The molecule has 2 aromatic carbocycles. The summed E-state index contributed by atoms with van der Waals surface area (Å²) >= 11 is 0. The quantitative estimate of drug-likeness (QED) is 0.663. The van der Waals surface area contributed by atoms with E-state index in [9.17, 15) is 9.18 Å². The molecule has 6 heteroatoms. The Labute approximate surface area is 157 Å². The van der Waals surface area contributed by atoms with Gasteiger partial charge in [0.2, 0.25) is 0 Å². The molecule has 5 nitrogen and oxygen atoms in total. The number of hydrogen-bond acceptors (Lipinski definition) is 3. The van der Waals surface area contributed by atoms with Crippen LogP contribution >= 0.6 is 0 Å². The largest absolute Gasteiger partial charge is 0.493 e. The minimum atomic E-state index is -0.367. The molecule has 3 rings (SSSR count). The minimum Gasteiger partial charge on any atom is -0.493 e. The van der Waals surface area contributed by atoms with Gasteiger partial charge in [0.25, 0.3) is 5.91 Å². The van der Waals surface area contributed by atoms with Gasteiger partial charge in [-0.3, -0.25) is 4.79 Å². The predicted octanol–water partition coefficient (Wildman–Crippen LogP) is 4.61. The number of ether oxygens (including phenoxy) is 1. The summed E-state index contributed by atoms with van der Waals surface area (Å²) in [4.78, 5) is 12.6. The molecule has 0 spiro atoms. The number of methoxy groups -OCH3 is 1. The van der Waals surface area contributed by atoms with Crippen molar-refractivity contribution < 1.29 is 13.9 Å². The third kappa shape index (κ3) is 4.53. The van der Waals surface area contributed by atoms with Crippen molar-refractivity contribution in [3.63, 3.8) is 0 Å². The Bertz CT molecular complexity index is 902. The number of nitrogens with zero attached hydrogens (tertiary/aromatic N) is 2. The topological polar surface area (TPSA) is 56.2 Å². The van der Waals surface area contributed by atoms with E-state index in [2.05, 4.69) is 17.3 Å². The standard InChI is InChI=1S/C21H22FN3O2/c1-3-4-5-15-6-10-17(11-7-15)23-21(26)20-19(27-2)14-25(24-20)18-12-8-16(22)9-13-18/h6-14H,3-5H2,1-2H3,(H,23,26). The van der Waals surface area contributed by atoms with Gasteiger partial charge in [-0.15, -0.1) is 0 Å². The lowest BCUT2D eigenvalue weighted by Crippen LogP contribution is -2.14. The van der Waals surface area contributed by atoms with Crippen molar-refractivity contribution >= 4 is 11.6 Å². The van der Waals surface area contributed by atoms with Gasteiger partial charge in [0.15, 0.2) is 11.4 Å². The van der Waals surface area contributed by atoms with Crippen LogP contribution in [-0.2, 0) is 6.42 Å². The lowest BCUT2D eigenvalue weighted by molar-refractivity contribution is 0.101. The van der Waals surface area contributed by atoms with Crippen LogP contribution in [0.5, 0.6) is 5.75 Å². The Kier molecular flexibility index (Phi) is 5.86. The van der Waals surface area contributed by atoms with Crippen molar-refractivity contribution in [2.45, 2.75) is 26.2 Å². The molecule has 1 heterocycles. The van der Waals surface area contributed by atoms with Crippen LogP contribution in [0.25, 0.3) is 5.69 Å². The summed E-state index contributed by atoms with van der Waals surface area (Å²) in [6, 6.07) is 13.6. The number of anilines is 1. The van der Waals surface area contributed by atoms with E-state index in [4.69, 9.17) is 4.74 Å². The maximum absolute atomic E-state index is 13.1. The first-order valence-electron chi connectivity index (χ1n) is 8.90. The van der Waals surface area contributed by atoms with Crippen LogP contribution < -0.4 is 10.1 Å². The molecule has 27 heavy (non-hydrogen) atoms. The zero-order chi connectivity index (χ0) is 19.2. The summed E-state index contributed by atoms with van der Waals surface area (Å²) in [7, 11) is 1.48. The van der Waals surface area contributed by atoms with Gasteiger partial charge in [-0.2, -0.15) is 5.10 Å². The molecule has 0 saturated carbocycles. The molecule has 3 aromatic rings. The number of benzene rings is 2. The summed E-state index contributed by atoms with van der Waals surface area (Å²) in [6.07, 6.45) is 4.91. The van der Waals surface area contributed by atoms with Crippen LogP contribution in [0, 0.1) is 5.82 Å². The lowest BCUT2D eigenvalue weighted by atomic mass is 10.1. The van der Waals surface area contributed by atoms with Gasteiger partial charge >= 0.3 is 0 Å². The molecular formula is C21H22FN3O2. The highest BCUT2D eigenvalue weighted by atomic mass is 19.1. The summed E-state index contributed by atoms with van der Waals surface area (Å²) in [5.41, 5.74) is 2.73. The van der Waals surface area contributed by atoms with Gasteiger partial charge in [0.1, 0.15) is 5.82 Å². The third-order valence-electron chi connectivity index (χ3n) is 4.24. The second kappa shape index (κ2) is 8.49. The van der Waals surface area contributed by atoms with Gasteiger partial charge in [-0.05, 0) is 54.8 Å². The van der Waals surface area contributed by atoms with Crippen molar-refractivity contribution in [2.75, 3.05) is 12.4 Å². The molecule has 0 saturated heterocycles. The molecule has 0 radical (unpaired) electrons. The average molecular weight is 367 g/mol. The number of halogens is 1. The zero-order valence-corrected chi connectivity index (χ0v) is 15.4. The number of amides is 1. The number of unbranched alkanes of at least 4 members (excludes halogenated alkanes) is 1. The zero-order valence-electron chi connectivity index (χ0n) is 15.4. The molecular weight excluding hydrogens is 345 g/mol. The Balaban J connectivity index is 1.77. The third-order valence-corrected chi connectivity index (χ3v) is 4.24. The summed E-state index contributed by atoms with van der Waals surface area (Å²) in [6.45, 7) is 2.16. The fraction of sp³-hybridized carbons (Fsp3) is 0.238. The highest BCUT2D eigenvalue weighted by molar-refractivity contribution is 6.04. The highest BCUT2D eigenvalue weighted by Gasteiger charge is 2.18. The highest BCUT2D eigenvalue weighted by Crippen LogP contribution is 2.21. The molecule has 0 bridgehead atoms. The van der Waals surface area contributed by atoms with Crippen LogP contribution in [0.1, 0.15) is 35.8 Å². The summed E-state index contributed by atoms with van der Waals surface area (Å²) in [5.74, 6) is -0.358. The van der Waals surface area contributed by atoms with Crippen LogP contribution in [-0.4, -0.2) is 22.8 Å². The average Bonchev–Trinajstić information content (AvgIpc) is 3.12. The molecule has 0 fully saturated rings. The summed E-state index contributed by atoms with van der Waals surface area (Å²) in [5, 5.41) is 7.13. The van der Waals surface area contributed by atoms with Crippen molar-refractivity contribution in [3.8, 4) is 11.4 Å². The van der Waals surface area contributed by atoms with E-state index >= 15 is 0 Å². The van der Waals surface area contributed by atoms with E-state index in [1.165, 1.54) is 29.5 Å². The number of carbonyl (C=O) groups excluding carboxylic acids is 1. The Hall–Kier alpha value is -3.15. The van der Waals surface area contributed by atoms with E-state index in [1.807, 2.05) is 24.3 Å². The van der Waals surface area contributed by atoms with E-state index in [-0.39, 0.29) is 17.4 Å². The van der Waals surface area contributed by atoms with Gasteiger partial charge < -0.3 is 10.1 Å². The van der Waals surface area contributed by atoms with Gasteiger partial charge in [0, 0.05) is 5.69 Å². The fourth-order valence-corrected chi connectivity index (χ4v) is 2.72. The van der Waals surface area contributed by atoms with Gasteiger partial charge in [0.05, 0.1) is 19.0 Å². The van der Waals surface area contributed by atoms with Crippen LogP contribution in [0.2, 0.25) is 0 Å². The second-order valence-electron chi connectivity index (χ2n) is 6.22. The molecule has 0 aliphatic carbocycles. The molecule has 0 unspecified atom stereocenters. The van der Waals surface area contributed by atoms with E-state index < -0.39 is 0 Å². The Morgan fingerprint density at radius 2 is 1.85 bits per heavy atom.